The van der Waals surface area contributed by atoms with Crippen LogP contribution in [-0.4, -0.2) is 65.9 Å². The molecule has 4 saturated heterocycles. The molecule has 0 N–H and O–H groups in total. The summed E-state index contributed by atoms with van der Waals surface area (Å²) in [6.45, 7) is 5.76. The summed E-state index contributed by atoms with van der Waals surface area (Å²) < 4.78 is 0. The minimum Gasteiger partial charge on any atom is -0.339 e. The summed E-state index contributed by atoms with van der Waals surface area (Å²) in [5.74, 6) is 1.15. The fourth-order valence-corrected chi connectivity index (χ4v) is 5.52. The Bertz CT molecular complexity index is 769. The number of benzene rings is 2. The highest BCUT2D eigenvalue weighted by Crippen LogP contribution is 2.33. The Hall–Kier alpha value is -2.17. The molecule has 1 unspecified atom stereocenters. The quantitative estimate of drug-likeness (QED) is 0.802. The van der Waals surface area contributed by atoms with Gasteiger partial charge >= 0.3 is 0 Å². The summed E-state index contributed by atoms with van der Waals surface area (Å²) in [6.07, 6.45) is 3.65. The molecule has 152 valence electrons. The SMILES string of the molecule is O=C(C1CC2CCN1CC2)N1CCN(C(c2ccccc2)c2ccccc2)CC1. The number of hydrogen-bond acceptors (Lipinski definition) is 3. The van der Waals surface area contributed by atoms with Crippen molar-refractivity contribution in [1.82, 2.24) is 14.7 Å². The second kappa shape index (κ2) is 8.29. The van der Waals surface area contributed by atoms with Crippen LogP contribution in [0.4, 0.5) is 0 Å². The predicted octanol–water partition coefficient (Wildman–Crippen LogP) is 3.40. The smallest absolute Gasteiger partial charge is 0.240 e. The van der Waals surface area contributed by atoms with Gasteiger partial charge in [-0.3, -0.25) is 14.6 Å². The summed E-state index contributed by atoms with van der Waals surface area (Å²) in [7, 11) is 0. The molecular formula is C25H31N3O. The first-order valence-corrected chi connectivity index (χ1v) is 11.2. The van der Waals surface area contributed by atoms with Gasteiger partial charge in [0.25, 0.3) is 0 Å². The molecule has 0 aliphatic carbocycles. The van der Waals surface area contributed by atoms with Crippen molar-refractivity contribution < 1.29 is 4.79 Å². The first-order valence-electron chi connectivity index (χ1n) is 11.2. The van der Waals surface area contributed by atoms with Crippen LogP contribution < -0.4 is 0 Å². The van der Waals surface area contributed by atoms with E-state index in [9.17, 15) is 4.79 Å². The number of nitrogens with zero attached hydrogens (tertiary/aromatic N) is 3. The Kier molecular flexibility index (Phi) is 5.38. The first-order chi connectivity index (χ1) is 14.3. The van der Waals surface area contributed by atoms with Gasteiger partial charge in [-0.05, 0) is 49.4 Å². The molecule has 29 heavy (non-hydrogen) atoms. The van der Waals surface area contributed by atoms with Gasteiger partial charge in [0.2, 0.25) is 5.91 Å². The Morgan fingerprint density at radius 2 is 1.31 bits per heavy atom. The third kappa shape index (κ3) is 3.84. The van der Waals surface area contributed by atoms with Crippen molar-refractivity contribution in [1.29, 1.82) is 0 Å². The molecule has 4 fully saturated rings. The van der Waals surface area contributed by atoms with Gasteiger partial charge in [0.1, 0.15) is 0 Å². The van der Waals surface area contributed by atoms with Crippen molar-refractivity contribution in [2.75, 3.05) is 39.3 Å². The second-order valence-corrected chi connectivity index (χ2v) is 8.82. The van der Waals surface area contributed by atoms with E-state index in [4.69, 9.17) is 0 Å². The van der Waals surface area contributed by atoms with Gasteiger partial charge in [-0.2, -0.15) is 0 Å². The summed E-state index contributed by atoms with van der Waals surface area (Å²) in [5, 5.41) is 0. The van der Waals surface area contributed by atoms with Crippen LogP contribution in [-0.2, 0) is 4.79 Å². The largest absolute Gasteiger partial charge is 0.339 e. The number of hydrogen-bond donors (Lipinski definition) is 0. The van der Waals surface area contributed by atoms with Gasteiger partial charge < -0.3 is 4.90 Å². The Morgan fingerprint density at radius 1 is 0.759 bits per heavy atom. The molecule has 4 nitrogen and oxygen atoms in total. The molecule has 0 spiro atoms. The van der Waals surface area contributed by atoms with Crippen LogP contribution >= 0.6 is 0 Å². The molecule has 0 aromatic heterocycles. The van der Waals surface area contributed by atoms with Crippen molar-refractivity contribution in [3.05, 3.63) is 71.8 Å². The van der Waals surface area contributed by atoms with Crippen LogP contribution in [0.25, 0.3) is 0 Å². The van der Waals surface area contributed by atoms with E-state index < -0.39 is 0 Å². The summed E-state index contributed by atoms with van der Waals surface area (Å²) in [5.41, 5.74) is 2.66. The van der Waals surface area contributed by atoms with E-state index in [0.717, 1.165) is 51.6 Å². The first kappa shape index (κ1) is 18.8. The van der Waals surface area contributed by atoms with Gasteiger partial charge in [0, 0.05) is 26.2 Å². The number of rotatable bonds is 4. The molecule has 4 heteroatoms. The normalized spacial score (nSPS) is 27.3. The molecule has 0 saturated carbocycles. The lowest BCUT2D eigenvalue weighted by molar-refractivity contribution is -0.143. The molecule has 4 aliphatic heterocycles. The predicted molar refractivity (Wildman–Crippen MR) is 116 cm³/mol. The van der Waals surface area contributed by atoms with Crippen LogP contribution in [0.1, 0.15) is 36.4 Å². The third-order valence-electron chi connectivity index (χ3n) is 7.15. The maximum Gasteiger partial charge on any atom is 0.240 e. The summed E-state index contributed by atoms with van der Waals surface area (Å²) in [6, 6.07) is 21.9. The van der Waals surface area contributed by atoms with Gasteiger partial charge in [0.05, 0.1) is 12.1 Å². The minimum atomic E-state index is 0.146. The van der Waals surface area contributed by atoms with Crippen LogP contribution in [0.5, 0.6) is 0 Å². The fourth-order valence-electron chi connectivity index (χ4n) is 5.52. The highest BCUT2D eigenvalue weighted by atomic mass is 16.2. The van der Waals surface area contributed by atoms with Crippen LogP contribution in [0.15, 0.2) is 60.7 Å². The lowest BCUT2D eigenvalue weighted by Crippen LogP contribution is -2.59. The van der Waals surface area contributed by atoms with E-state index in [-0.39, 0.29) is 12.1 Å². The van der Waals surface area contributed by atoms with Crippen molar-refractivity contribution in [3.63, 3.8) is 0 Å². The van der Waals surface area contributed by atoms with Crippen LogP contribution in [0.2, 0.25) is 0 Å². The third-order valence-corrected chi connectivity index (χ3v) is 7.15. The van der Waals surface area contributed by atoms with E-state index in [1.54, 1.807) is 0 Å². The lowest BCUT2D eigenvalue weighted by atomic mass is 9.83. The monoisotopic (exact) mass is 389 g/mol. The summed E-state index contributed by atoms with van der Waals surface area (Å²) >= 11 is 0. The Labute approximate surface area is 174 Å². The molecule has 2 aromatic rings. The van der Waals surface area contributed by atoms with E-state index in [1.807, 2.05) is 0 Å². The zero-order valence-corrected chi connectivity index (χ0v) is 17.1. The van der Waals surface area contributed by atoms with Gasteiger partial charge in [-0.1, -0.05) is 60.7 Å². The van der Waals surface area contributed by atoms with Gasteiger partial charge in [-0.15, -0.1) is 0 Å². The van der Waals surface area contributed by atoms with E-state index >= 15 is 0 Å². The van der Waals surface area contributed by atoms with Crippen LogP contribution in [0.3, 0.4) is 0 Å². The topological polar surface area (TPSA) is 26.8 Å². The molecule has 0 radical (unpaired) electrons. The molecule has 4 heterocycles. The van der Waals surface area contributed by atoms with E-state index in [1.165, 1.54) is 24.0 Å². The molecule has 2 aromatic carbocycles. The Morgan fingerprint density at radius 3 is 1.79 bits per heavy atom. The van der Waals surface area contributed by atoms with Gasteiger partial charge in [0.15, 0.2) is 0 Å². The zero-order chi connectivity index (χ0) is 19.6. The number of carbonyl (C=O) groups excluding carboxylic acids is 1. The highest BCUT2D eigenvalue weighted by molar-refractivity contribution is 5.82. The number of amides is 1. The standard InChI is InChI=1S/C25H31N3O/c29-25(23-19-20-11-13-26(23)14-12-20)28-17-15-27(16-18-28)24(21-7-3-1-4-8-21)22-9-5-2-6-10-22/h1-10,20,23-24H,11-19H2. The molecule has 1 amide bonds. The van der Waals surface area contributed by atoms with Crippen molar-refractivity contribution in [2.24, 2.45) is 5.92 Å². The number of fused-ring (bicyclic) bond motifs is 3. The molecule has 4 aliphatic rings. The molecular weight excluding hydrogens is 358 g/mol. The van der Waals surface area contributed by atoms with Crippen molar-refractivity contribution >= 4 is 5.91 Å². The second-order valence-electron chi connectivity index (χ2n) is 8.82. The number of piperazine rings is 1. The average molecular weight is 390 g/mol. The fraction of sp³-hybridized carbons (Fsp3) is 0.480. The summed E-state index contributed by atoms with van der Waals surface area (Å²) in [4.78, 5) is 20.3. The minimum absolute atomic E-state index is 0.146. The average Bonchev–Trinajstić information content (AvgIpc) is 2.81. The maximum absolute atomic E-state index is 13.2. The Balaban J connectivity index is 1.29. The molecule has 1 atom stereocenters. The van der Waals surface area contributed by atoms with Crippen LogP contribution in [0, 0.1) is 5.92 Å². The maximum atomic E-state index is 13.2. The van der Waals surface area contributed by atoms with E-state index in [0.29, 0.717) is 5.91 Å². The zero-order valence-electron chi connectivity index (χ0n) is 17.1. The molecule has 2 bridgehead atoms. The number of piperidine rings is 3. The van der Waals surface area contributed by atoms with Crippen molar-refractivity contribution in [2.45, 2.75) is 31.3 Å². The number of carbonyl (C=O) groups is 1. The van der Waals surface area contributed by atoms with Crippen molar-refractivity contribution in [3.8, 4) is 0 Å². The highest BCUT2D eigenvalue weighted by Gasteiger charge is 2.40. The van der Waals surface area contributed by atoms with E-state index in [2.05, 4.69) is 75.4 Å². The lowest BCUT2D eigenvalue weighted by Gasteiger charge is -2.47. The van der Waals surface area contributed by atoms with Gasteiger partial charge in [-0.25, -0.2) is 0 Å². The molecule has 6 rings (SSSR count).